The Morgan fingerprint density at radius 2 is 2.20 bits per heavy atom. The van der Waals surface area contributed by atoms with Crippen LogP contribution in [-0.2, 0) is 0 Å². The number of carbonyl (C=O) groups is 1. The molecule has 0 N–H and O–H groups in total. The molecule has 84 valence electrons. The molecule has 1 aromatic heterocycles. The van der Waals surface area contributed by atoms with Crippen LogP contribution in [0.25, 0.3) is 0 Å². The highest BCUT2D eigenvalue weighted by molar-refractivity contribution is 6.18. The molecular formula is C11H16ClNO2. The van der Waals surface area contributed by atoms with E-state index in [9.17, 15) is 4.79 Å². The van der Waals surface area contributed by atoms with Gasteiger partial charge >= 0.3 is 0 Å². The van der Waals surface area contributed by atoms with E-state index in [1.165, 1.54) is 6.26 Å². The van der Waals surface area contributed by atoms with Gasteiger partial charge in [0, 0.05) is 12.9 Å². The Morgan fingerprint density at radius 3 is 2.60 bits per heavy atom. The molecule has 0 aliphatic rings. The van der Waals surface area contributed by atoms with E-state index >= 15 is 0 Å². The zero-order valence-electron chi connectivity index (χ0n) is 9.50. The minimum absolute atomic E-state index is 0.0718. The summed E-state index contributed by atoms with van der Waals surface area (Å²) in [5.41, 5.74) is 0.206. The first-order valence-corrected chi connectivity index (χ1v) is 5.31. The molecule has 0 spiro atoms. The van der Waals surface area contributed by atoms with Crippen molar-refractivity contribution in [3.63, 3.8) is 0 Å². The number of hydrogen-bond acceptors (Lipinski definition) is 2. The van der Waals surface area contributed by atoms with E-state index in [4.69, 9.17) is 16.0 Å². The van der Waals surface area contributed by atoms with Crippen LogP contribution in [-0.4, -0.2) is 29.3 Å². The summed E-state index contributed by atoms with van der Waals surface area (Å²) in [6, 6.07) is 1.73. The standard InChI is InChI=1S/C11H16ClNO2/c1-8-5-9(6-15-8)10(14)13(4)11(2,3)7-12/h5-6H,7H2,1-4H3. The quantitative estimate of drug-likeness (QED) is 0.747. The van der Waals surface area contributed by atoms with Crippen molar-refractivity contribution in [2.24, 2.45) is 0 Å². The van der Waals surface area contributed by atoms with Crippen LogP contribution in [0.5, 0.6) is 0 Å². The predicted octanol–water partition coefficient (Wildman–Crippen LogP) is 2.68. The molecule has 0 saturated carbocycles. The first-order valence-electron chi connectivity index (χ1n) is 4.78. The van der Waals surface area contributed by atoms with Crippen LogP contribution in [0.15, 0.2) is 16.7 Å². The average molecular weight is 230 g/mol. The maximum Gasteiger partial charge on any atom is 0.257 e. The molecule has 0 radical (unpaired) electrons. The van der Waals surface area contributed by atoms with Crippen LogP contribution in [0, 0.1) is 6.92 Å². The van der Waals surface area contributed by atoms with E-state index in [0.29, 0.717) is 11.4 Å². The van der Waals surface area contributed by atoms with Gasteiger partial charge in [0.15, 0.2) is 0 Å². The van der Waals surface area contributed by atoms with Crippen LogP contribution in [0.1, 0.15) is 30.0 Å². The topological polar surface area (TPSA) is 33.5 Å². The lowest BCUT2D eigenvalue weighted by molar-refractivity contribution is 0.0659. The van der Waals surface area contributed by atoms with Crippen molar-refractivity contribution < 1.29 is 9.21 Å². The van der Waals surface area contributed by atoms with Crippen LogP contribution in [0.4, 0.5) is 0 Å². The summed E-state index contributed by atoms with van der Waals surface area (Å²) < 4.78 is 5.10. The zero-order chi connectivity index (χ0) is 11.6. The number of carbonyl (C=O) groups excluding carboxylic acids is 1. The molecule has 0 aromatic carbocycles. The first-order chi connectivity index (χ1) is 6.88. The van der Waals surface area contributed by atoms with Gasteiger partial charge in [-0.05, 0) is 26.8 Å². The van der Waals surface area contributed by atoms with Crippen molar-refractivity contribution in [3.05, 3.63) is 23.7 Å². The smallest absolute Gasteiger partial charge is 0.257 e. The van der Waals surface area contributed by atoms with E-state index in [0.717, 1.165) is 5.76 Å². The second-order valence-corrected chi connectivity index (χ2v) is 4.52. The molecule has 3 nitrogen and oxygen atoms in total. The summed E-state index contributed by atoms with van der Waals surface area (Å²) in [5, 5.41) is 0. The average Bonchev–Trinajstić information content (AvgIpc) is 2.62. The Labute approximate surface area is 95.0 Å². The Bertz CT molecular complexity index is 357. The zero-order valence-corrected chi connectivity index (χ0v) is 10.3. The fraction of sp³-hybridized carbons (Fsp3) is 0.545. The van der Waals surface area contributed by atoms with Crippen LogP contribution in [0.3, 0.4) is 0 Å². The monoisotopic (exact) mass is 229 g/mol. The maximum absolute atomic E-state index is 12.0. The SMILES string of the molecule is Cc1cc(C(=O)N(C)C(C)(C)CCl)co1. The lowest BCUT2D eigenvalue weighted by Gasteiger charge is -2.33. The molecule has 0 fully saturated rings. The highest BCUT2D eigenvalue weighted by Gasteiger charge is 2.27. The van der Waals surface area contributed by atoms with Gasteiger partial charge in [-0.15, -0.1) is 11.6 Å². The molecule has 0 aliphatic carbocycles. The van der Waals surface area contributed by atoms with Gasteiger partial charge in [0.25, 0.3) is 5.91 Å². The summed E-state index contributed by atoms with van der Waals surface area (Å²) in [6.07, 6.45) is 1.47. The molecule has 1 aromatic rings. The minimum atomic E-state index is -0.357. The number of nitrogens with zero attached hydrogens (tertiary/aromatic N) is 1. The third-order valence-electron chi connectivity index (χ3n) is 2.52. The van der Waals surface area contributed by atoms with Gasteiger partial charge in [0.05, 0.1) is 11.1 Å². The fourth-order valence-electron chi connectivity index (χ4n) is 1.11. The predicted molar refractivity (Wildman–Crippen MR) is 60.3 cm³/mol. The number of amides is 1. The van der Waals surface area contributed by atoms with E-state index in [-0.39, 0.29) is 11.4 Å². The summed E-state index contributed by atoms with van der Waals surface area (Å²) >= 11 is 5.81. The van der Waals surface area contributed by atoms with Crippen molar-refractivity contribution in [1.82, 2.24) is 4.90 Å². The third-order valence-corrected chi connectivity index (χ3v) is 3.17. The number of rotatable bonds is 3. The van der Waals surface area contributed by atoms with E-state index in [2.05, 4.69) is 0 Å². The summed E-state index contributed by atoms with van der Waals surface area (Å²) in [4.78, 5) is 13.6. The summed E-state index contributed by atoms with van der Waals surface area (Å²) in [5.74, 6) is 1.06. The molecule has 4 heteroatoms. The molecule has 1 rings (SSSR count). The van der Waals surface area contributed by atoms with Crippen LogP contribution >= 0.6 is 11.6 Å². The number of hydrogen-bond donors (Lipinski definition) is 0. The molecule has 0 aliphatic heterocycles. The summed E-state index contributed by atoms with van der Waals surface area (Å²) in [7, 11) is 1.74. The number of furan rings is 1. The van der Waals surface area contributed by atoms with E-state index in [1.807, 2.05) is 20.8 Å². The second kappa shape index (κ2) is 4.27. The number of alkyl halides is 1. The van der Waals surface area contributed by atoms with Crippen LogP contribution in [0.2, 0.25) is 0 Å². The highest BCUT2D eigenvalue weighted by atomic mass is 35.5. The van der Waals surface area contributed by atoms with E-state index < -0.39 is 0 Å². The lowest BCUT2D eigenvalue weighted by atomic mass is 10.1. The Morgan fingerprint density at radius 1 is 1.60 bits per heavy atom. The first kappa shape index (κ1) is 12.1. The van der Waals surface area contributed by atoms with Gasteiger partial charge in [-0.3, -0.25) is 4.79 Å². The Hall–Kier alpha value is -0.960. The van der Waals surface area contributed by atoms with Crippen molar-refractivity contribution in [2.75, 3.05) is 12.9 Å². The molecule has 0 bridgehead atoms. The highest BCUT2D eigenvalue weighted by Crippen LogP contribution is 2.18. The van der Waals surface area contributed by atoms with Crippen LogP contribution < -0.4 is 0 Å². The van der Waals surface area contributed by atoms with E-state index in [1.54, 1.807) is 18.0 Å². The molecular weight excluding hydrogens is 214 g/mol. The molecule has 0 saturated heterocycles. The van der Waals surface area contributed by atoms with Crippen molar-refractivity contribution in [1.29, 1.82) is 0 Å². The normalized spacial score (nSPS) is 11.5. The Kier molecular flexibility index (Phi) is 3.45. The second-order valence-electron chi connectivity index (χ2n) is 4.26. The lowest BCUT2D eigenvalue weighted by Crippen LogP contribution is -2.46. The number of halogens is 1. The van der Waals surface area contributed by atoms with Gasteiger partial charge in [-0.1, -0.05) is 0 Å². The minimum Gasteiger partial charge on any atom is -0.469 e. The van der Waals surface area contributed by atoms with Gasteiger partial charge in [0.2, 0.25) is 0 Å². The number of aryl methyl sites for hydroxylation is 1. The van der Waals surface area contributed by atoms with Gasteiger partial charge in [-0.25, -0.2) is 0 Å². The van der Waals surface area contributed by atoms with Crippen molar-refractivity contribution in [2.45, 2.75) is 26.3 Å². The summed E-state index contributed by atoms with van der Waals surface area (Å²) in [6.45, 7) is 5.65. The fourth-order valence-corrected chi connectivity index (χ4v) is 1.29. The van der Waals surface area contributed by atoms with Gasteiger partial charge in [0.1, 0.15) is 12.0 Å². The third kappa shape index (κ3) is 2.53. The van der Waals surface area contributed by atoms with Gasteiger partial charge in [-0.2, -0.15) is 0 Å². The molecule has 0 unspecified atom stereocenters. The molecule has 1 heterocycles. The molecule has 1 amide bonds. The largest absolute Gasteiger partial charge is 0.469 e. The van der Waals surface area contributed by atoms with Gasteiger partial charge < -0.3 is 9.32 Å². The molecule has 15 heavy (non-hydrogen) atoms. The van der Waals surface area contributed by atoms with Crippen molar-refractivity contribution in [3.8, 4) is 0 Å². The van der Waals surface area contributed by atoms with Crippen molar-refractivity contribution >= 4 is 17.5 Å². The maximum atomic E-state index is 12.0. The molecule has 0 atom stereocenters. The Balaban J connectivity index is 2.86.